The van der Waals surface area contributed by atoms with Crippen LogP contribution in [-0.2, 0) is 12.6 Å². The van der Waals surface area contributed by atoms with Crippen molar-refractivity contribution >= 4 is 23.2 Å². The first-order valence-electron chi connectivity index (χ1n) is 12.5. The first kappa shape index (κ1) is 28.0. The molecule has 5 nitrogen and oxygen atoms in total. The fraction of sp³-hybridized carbons (Fsp3) is 0.345. The molecule has 1 heterocycles. The molecule has 0 radical (unpaired) electrons. The molecule has 2 N–H and O–H groups in total. The number of carbonyl (C=O) groups is 1. The van der Waals surface area contributed by atoms with Crippen molar-refractivity contribution in [3.8, 4) is 5.75 Å². The number of alkyl halides is 3. The van der Waals surface area contributed by atoms with Crippen LogP contribution in [0, 0.1) is 5.92 Å². The number of ether oxygens (including phenoxy) is 1. The Hall–Kier alpha value is -3.07. The van der Waals surface area contributed by atoms with E-state index in [0.29, 0.717) is 12.5 Å². The molecular weight excluding hydrogens is 517 g/mol. The zero-order chi connectivity index (χ0) is 27.1. The maximum absolute atomic E-state index is 13.0. The Balaban J connectivity index is 1.30. The van der Waals surface area contributed by atoms with Crippen LogP contribution in [0.25, 0.3) is 0 Å². The number of nitrogens with one attached hydrogen (secondary N) is 1. The highest BCUT2D eigenvalue weighted by molar-refractivity contribution is 6.31. The number of rotatable bonds is 9. The van der Waals surface area contributed by atoms with Gasteiger partial charge in [0.25, 0.3) is 5.91 Å². The second-order valence-electron chi connectivity index (χ2n) is 9.57. The number of amides is 1. The van der Waals surface area contributed by atoms with Gasteiger partial charge in [-0.3, -0.25) is 4.79 Å². The third kappa shape index (κ3) is 7.96. The summed E-state index contributed by atoms with van der Waals surface area (Å²) in [7, 11) is 0. The van der Waals surface area contributed by atoms with Crippen LogP contribution in [0.5, 0.6) is 5.75 Å². The van der Waals surface area contributed by atoms with Crippen LogP contribution in [0.1, 0.15) is 34.3 Å². The van der Waals surface area contributed by atoms with Gasteiger partial charge in [0.05, 0.1) is 11.1 Å². The number of carbonyl (C=O) groups excluding carboxylic acids is 1. The van der Waals surface area contributed by atoms with Gasteiger partial charge in [-0.2, -0.15) is 13.2 Å². The Labute approximate surface area is 225 Å². The molecular formula is C29H30ClF3N2O3. The van der Waals surface area contributed by atoms with Gasteiger partial charge in [-0.15, -0.1) is 0 Å². The zero-order valence-electron chi connectivity index (χ0n) is 20.8. The number of piperidine rings is 1. The molecule has 1 unspecified atom stereocenters. The summed E-state index contributed by atoms with van der Waals surface area (Å²) in [5.41, 5.74) is 0.524. The van der Waals surface area contributed by atoms with Crippen LogP contribution in [0.2, 0.25) is 5.02 Å². The highest BCUT2D eigenvalue weighted by Crippen LogP contribution is 2.31. The van der Waals surface area contributed by atoms with Gasteiger partial charge in [0, 0.05) is 17.3 Å². The highest BCUT2D eigenvalue weighted by Gasteiger charge is 2.30. The summed E-state index contributed by atoms with van der Waals surface area (Å²) in [4.78, 5) is 15.1. The first-order valence-corrected chi connectivity index (χ1v) is 12.9. The smallest absolute Gasteiger partial charge is 0.416 e. The van der Waals surface area contributed by atoms with Crippen molar-refractivity contribution in [1.29, 1.82) is 0 Å². The average Bonchev–Trinajstić information content (AvgIpc) is 2.89. The van der Waals surface area contributed by atoms with Crippen LogP contribution < -0.4 is 10.1 Å². The van der Waals surface area contributed by atoms with Crippen LogP contribution in [0.15, 0.2) is 72.8 Å². The van der Waals surface area contributed by atoms with Crippen molar-refractivity contribution in [2.24, 2.45) is 5.92 Å². The normalized spacial score (nSPS) is 15.7. The number of anilines is 1. The van der Waals surface area contributed by atoms with Gasteiger partial charge in [0.2, 0.25) is 0 Å². The minimum Gasteiger partial charge on any atom is -0.490 e. The first-order chi connectivity index (χ1) is 18.2. The molecule has 0 aromatic heterocycles. The lowest BCUT2D eigenvalue weighted by Gasteiger charge is -2.33. The number of likely N-dealkylation sites (tertiary alicyclic amines) is 1. The van der Waals surface area contributed by atoms with E-state index in [4.69, 9.17) is 16.3 Å². The number of nitrogens with zero attached hydrogens (tertiary/aromatic N) is 1. The van der Waals surface area contributed by atoms with E-state index in [2.05, 4.69) is 34.5 Å². The van der Waals surface area contributed by atoms with Gasteiger partial charge >= 0.3 is 6.18 Å². The van der Waals surface area contributed by atoms with Gasteiger partial charge in [-0.1, -0.05) is 48.0 Å². The molecule has 202 valence electrons. The lowest BCUT2D eigenvalue weighted by atomic mass is 9.90. The molecule has 1 aliphatic heterocycles. The van der Waals surface area contributed by atoms with Crippen LogP contribution in [0.3, 0.4) is 0 Å². The van der Waals surface area contributed by atoms with Crippen molar-refractivity contribution in [3.05, 3.63) is 94.5 Å². The molecule has 3 aromatic rings. The lowest BCUT2D eigenvalue weighted by Crippen LogP contribution is -2.41. The summed E-state index contributed by atoms with van der Waals surface area (Å²) >= 11 is 6.06. The number of benzene rings is 3. The number of halogens is 4. The Kier molecular flexibility index (Phi) is 9.31. The summed E-state index contributed by atoms with van der Waals surface area (Å²) in [6.45, 7) is 2.17. The molecule has 38 heavy (non-hydrogen) atoms. The monoisotopic (exact) mass is 546 g/mol. The minimum absolute atomic E-state index is 0.00791. The summed E-state index contributed by atoms with van der Waals surface area (Å²) < 4.78 is 44.8. The summed E-state index contributed by atoms with van der Waals surface area (Å²) in [5.74, 6) is 0.130. The van der Waals surface area contributed by atoms with Crippen LogP contribution in [-0.4, -0.2) is 48.3 Å². The van der Waals surface area contributed by atoms with Gasteiger partial charge in [0.15, 0.2) is 0 Å². The van der Waals surface area contributed by atoms with Gasteiger partial charge in [-0.25, -0.2) is 0 Å². The zero-order valence-corrected chi connectivity index (χ0v) is 21.5. The molecule has 9 heteroatoms. The van der Waals surface area contributed by atoms with Crippen molar-refractivity contribution in [2.75, 3.05) is 31.6 Å². The third-order valence-corrected chi connectivity index (χ3v) is 6.84. The Morgan fingerprint density at radius 3 is 2.50 bits per heavy atom. The molecule has 1 saturated heterocycles. The predicted molar refractivity (Wildman–Crippen MR) is 142 cm³/mol. The summed E-state index contributed by atoms with van der Waals surface area (Å²) in [5, 5.41) is 13.3. The van der Waals surface area contributed by atoms with E-state index in [1.54, 1.807) is 6.07 Å². The fourth-order valence-electron chi connectivity index (χ4n) is 4.63. The van der Waals surface area contributed by atoms with E-state index < -0.39 is 23.8 Å². The van der Waals surface area contributed by atoms with Crippen molar-refractivity contribution in [1.82, 2.24) is 4.90 Å². The van der Waals surface area contributed by atoms with E-state index in [1.165, 1.54) is 29.8 Å². The quantitative estimate of drug-likeness (QED) is 0.330. The molecule has 0 spiro atoms. The SMILES string of the molecule is O=C(Nc1cccc(C(F)(F)F)c1)c1cc(Cl)ccc1OCC(O)CN1CCC(Cc2ccccc2)CC1. The molecule has 3 aromatic carbocycles. The Morgan fingerprint density at radius 1 is 1.05 bits per heavy atom. The number of aliphatic hydroxyl groups is 1. The second kappa shape index (κ2) is 12.7. The predicted octanol–water partition coefficient (Wildman–Crippen LogP) is 6.31. The molecule has 0 saturated carbocycles. The van der Waals surface area contributed by atoms with E-state index in [1.807, 2.05) is 6.07 Å². The van der Waals surface area contributed by atoms with Gasteiger partial charge in [0.1, 0.15) is 18.5 Å². The van der Waals surface area contributed by atoms with Crippen LogP contribution >= 0.6 is 11.6 Å². The number of hydrogen-bond acceptors (Lipinski definition) is 4. The molecule has 0 bridgehead atoms. The minimum atomic E-state index is -4.53. The molecule has 1 fully saturated rings. The third-order valence-electron chi connectivity index (χ3n) is 6.61. The average molecular weight is 547 g/mol. The largest absolute Gasteiger partial charge is 0.490 e. The van der Waals surface area contributed by atoms with Crippen LogP contribution in [0.4, 0.5) is 18.9 Å². The van der Waals surface area contributed by atoms with Crippen molar-refractivity contribution in [2.45, 2.75) is 31.5 Å². The molecule has 1 atom stereocenters. The topological polar surface area (TPSA) is 61.8 Å². The molecule has 0 aliphatic carbocycles. The fourth-order valence-corrected chi connectivity index (χ4v) is 4.81. The highest BCUT2D eigenvalue weighted by atomic mass is 35.5. The van der Waals surface area contributed by atoms with E-state index in [-0.39, 0.29) is 28.6 Å². The van der Waals surface area contributed by atoms with E-state index in [9.17, 15) is 23.1 Å². The molecule has 1 aliphatic rings. The van der Waals surface area contributed by atoms with E-state index >= 15 is 0 Å². The second-order valence-corrected chi connectivity index (χ2v) is 10.0. The van der Waals surface area contributed by atoms with Crippen molar-refractivity contribution in [3.63, 3.8) is 0 Å². The van der Waals surface area contributed by atoms with E-state index in [0.717, 1.165) is 44.5 Å². The molecule has 1 amide bonds. The number of aliphatic hydroxyl groups excluding tert-OH is 1. The summed E-state index contributed by atoms with van der Waals surface area (Å²) in [6.07, 6.45) is -2.14. The maximum atomic E-state index is 13.0. The molecule has 4 rings (SSSR count). The van der Waals surface area contributed by atoms with Gasteiger partial charge < -0.3 is 20.1 Å². The van der Waals surface area contributed by atoms with Crippen molar-refractivity contribution < 1.29 is 27.8 Å². The number of hydrogen-bond donors (Lipinski definition) is 2. The Morgan fingerprint density at radius 2 is 1.79 bits per heavy atom. The Bertz CT molecular complexity index is 1220. The maximum Gasteiger partial charge on any atom is 0.416 e. The van der Waals surface area contributed by atoms with Gasteiger partial charge in [-0.05, 0) is 80.2 Å². The lowest BCUT2D eigenvalue weighted by molar-refractivity contribution is -0.137. The number of β-amino-alcohol motifs (C(OH)–C–C–N with tert-alkyl or cyclic N) is 1. The standard InChI is InChI=1S/C29H30ClF3N2O3/c30-23-9-10-27(26(17-23)28(37)34-24-8-4-7-22(16-24)29(31,32)33)38-19-25(36)18-35-13-11-21(12-14-35)15-20-5-2-1-3-6-20/h1-10,16-17,21,25,36H,11-15,18-19H2,(H,34,37). The summed E-state index contributed by atoms with van der Waals surface area (Å²) in [6, 6.07) is 19.2.